The van der Waals surface area contributed by atoms with E-state index in [1.54, 1.807) is 19.2 Å². The summed E-state index contributed by atoms with van der Waals surface area (Å²) in [7, 11) is 1.65. The lowest BCUT2D eigenvalue weighted by Crippen LogP contribution is -2.52. The molecule has 0 aliphatic carbocycles. The second-order valence-electron chi connectivity index (χ2n) is 8.02. The highest BCUT2D eigenvalue weighted by Gasteiger charge is 2.38. The van der Waals surface area contributed by atoms with Crippen molar-refractivity contribution in [1.82, 2.24) is 20.4 Å². The molecule has 0 radical (unpaired) electrons. The van der Waals surface area contributed by atoms with Gasteiger partial charge in [-0.2, -0.15) is 5.10 Å². The Bertz CT molecular complexity index is 1040. The van der Waals surface area contributed by atoms with Crippen molar-refractivity contribution in [2.24, 2.45) is 0 Å². The summed E-state index contributed by atoms with van der Waals surface area (Å²) in [6, 6.07) is 14.6. The van der Waals surface area contributed by atoms with Gasteiger partial charge in [0.15, 0.2) is 0 Å². The van der Waals surface area contributed by atoms with Crippen LogP contribution < -0.4 is 10.1 Å². The Hall–Kier alpha value is -3.19. The molecular formula is C24H27FN4O2. The monoisotopic (exact) mass is 422 g/mol. The van der Waals surface area contributed by atoms with E-state index < -0.39 is 5.54 Å². The molecule has 0 spiro atoms. The number of carbonyl (C=O) groups excluding carboxylic acids is 1. The zero-order chi connectivity index (χ0) is 21.8. The van der Waals surface area contributed by atoms with E-state index in [0.29, 0.717) is 18.4 Å². The first-order valence-corrected chi connectivity index (χ1v) is 10.4. The molecule has 1 aromatic heterocycles. The summed E-state index contributed by atoms with van der Waals surface area (Å²) in [6.45, 7) is 3.69. The first kappa shape index (κ1) is 21.1. The van der Waals surface area contributed by atoms with Crippen molar-refractivity contribution in [3.8, 4) is 17.0 Å². The zero-order valence-corrected chi connectivity index (χ0v) is 17.8. The Labute approximate surface area is 181 Å². The van der Waals surface area contributed by atoms with Gasteiger partial charge in [0, 0.05) is 43.2 Å². The van der Waals surface area contributed by atoms with Gasteiger partial charge in [-0.1, -0.05) is 18.2 Å². The number of hydrogen-bond donors (Lipinski definition) is 2. The van der Waals surface area contributed by atoms with Crippen LogP contribution in [0.5, 0.6) is 5.75 Å². The second-order valence-corrected chi connectivity index (χ2v) is 8.02. The van der Waals surface area contributed by atoms with Crippen LogP contribution in [0, 0.1) is 5.82 Å². The summed E-state index contributed by atoms with van der Waals surface area (Å²) in [6.07, 6.45) is 3.14. The summed E-state index contributed by atoms with van der Waals surface area (Å²) in [5, 5.41) is 10.4. The first-order chi connectivity index (χ1) is 15.0. The number of benzene rings is 2. The smallest absolute Gasteiger partial charge is 0.217 e. The molecular weight excluding hydrogens is 395 g/mol. The molecule has 162 valence electrons. The van der Waals surface area contributed by atoms with Gasteiger partial charge >= 0.3 is 0 Å². The van der Waals surface area contributed by atoms with E-state index in [4.69, 9.17) is 4.74 Å². The van der Waals surface area contributed by atoms with Crippen LogP contribution in [0.1, 0.15) is 30.9 Å². The van der Waals surface area contributed by atoms with Crippen molar-refractivity contribution in [2.45, 2.75) is 31.8 Å². The van der Waals surface area contributed by atoms with Crippen molar-refractivity contribution in [2.75, 3.05) is 20.2 Å². The third-order valence-corrected chi connectivity index (χ3v) is 6.00. The van der Waals surface area contributed by atoms with Gasteiger partial charge in [0.25, 0.3) is 0 Å². The molecule has 31 heavy (non-hydrogen) atoms. The topological polar surface area (TPSA) is 70.2 Å². The molecule has 0 atom stereocenters. The van der Waals surface area contributed by atoms with E-state index in [9.17, 15) is 9.18 Å². The maximum Gasteiger partial charge on any atom is 0.217 e. The second kappa shape index (κ2) is 8.89. The molecule has 0 unspecified atom stereocenters. The number of piperidine rings is 1. The lowest BCUT2D eigenvalue weighted by Gasteiger charge is -2.42. The van der Waals surface area contributed by atoms with Gasteiger partial charge in [-0.05, 0) is 43.2 Å². The highest BCUT2D eigenvalue weighted by Crippen LogP contribution is 2.35. The number of hydrogen-bond acceptors (Lipinski definition) is 4. The van der Waals surface area contributed by atoms with Gasteiger partial charge < -0.3 is 10.1 Å². The van der Waals surface area contributed by atoms with Gasteiger partial charge in [0.2, 0.25) is 5.91 Å². The maximum atomic E-state index is 14.6. The van der Waals surface area contributed by atoms with Crippen LogP contribution in [0.25, 0.3) is 11.3 Å². The predicted molar refractivity (Wildman–Crippen MR) is 117 cm³/mol. The Morgan fingerprint density at radius 3 is 2.55 bits per heavy atom. The number of methoxy groups -OCH3 is 1. The van der Waals surface area contributed by atoms with E-state index in [1.165, 1.54) is 13.0 Å². The number of likely N-dealkylation sites (tertiary alicyclic amines) is 1. The van der Waals surface area contributed by atoms with E-state index in [2.05, 4.69) is 20.4 Å². The van der Waals surface area contributed by atoms with Crippen LogP contribution in [0.15, 0.2) is 54.7 Å². The number of amides is 1. The van der Waals surface area contributed by atoms with Gasteiger partial charge in [0.05, 0.1) is 24.5 Å². The zero-order valence-electron chi connectivity index (χ0n) is 17.8. The molecule has 2 N–H and O–H groups in total. The van der Waals surface area contributed by atoms with Crippen molar-refractivity contribution in [1.29, 1.82) is 0 Å². The number of aromatic nitrogens is 2. The largest absolute Gasteiger partial charge is 0.497 e. The number of ether oxygens (including phenoxy) is 1. The molecule has 7 heteroatoms. The Morgan fingerprint density at radius 2 is 1.90 bits per heavy atom. The van der Waals surface area contributed by atoms with Crippen LogP contribution in [0.3, 0.4) is 0 Å². The molecule has 6 nitrogen and oxygen atoms in total. The molecule has 1 aliphatic heterocycles. The summed E-state index contributed by atoms with van der Waals surface area (Å²) in [5.74, 6) is 0.387. The molecule has 1 amide bonds. The summed E-state index contributed by atoms with van der Waals surface area (Å²) >= 11 is 0. The fraction of sp³-hybridized carbons (Fsp3) is 0.333. The molecule has 1 aliphatic rings. The number of carbonyl (C=O) groups is 1. The van der Waals surface area contributed by atoms with Crippen molar-refractivity contribution in [3.05, 3.63) is 71.7 Å². The average Bonchev–Trinajstić information content (AvgIpc) is 3.23. The maximum absolute atomic E-state index is 14.6. The minimum atomic E-state index is -0.678. The molecule has 0 saturated carbocycles. The number of rotatable bonds is 6. The highest BCUT2D eigenvalue weighted by molar-refractivity contribution is 5.74. The number of aromatic amines is 1. The Kier molecular flexibility index (Phi) is 6.04. The van der Waals surface area contributed by atoms with E-state index in [0.717, 1.165) is 42.2 Å². The lowest BCUT2D eigenvalue weighted by molar-refractivity contribution is -0.121. The van der Waals surface area contributed by atoms with Crippen LogP contribution in [0.4, 0.5) is 4.39 Å². The van der Waals surface area contributed by atoms with E-state index in [-0.39, 0.29) is 11.7 Å². The quantitative estimate of drug-likeness (QED) is 0.633. The molecule has 3 aromatic rings. The van der Waals surface area contributed by atoms with Crippen LogP contribution in [-0.2, 0) is 16.9 Å². The molecule has 2 aromatic carbocycles. The van der Waals surface area contributed by atoms with Gasteiger partial charge in [-0.15, -0.1) is 0 Å². The van der Waals surface area contributed by atoms with Crippen molar-refractivity contribution < 1.29 is 13.9 Å². The van der Waals surface area contributed by atoms with Crippen LogP contribution in [0.2, 0.25) is 0 Å². The molecule has 1 saturated heterocycles. The molecule has 4 rings (SSSR count). The normalized spacial score (nSPS) is 16.1. The van der Waals surface area contributed by atoms with E-state index in [1.807, 2.05) is 36.5 Å². The van der Waals surface area contributed by atoms with Crippen LogP contribution in [-0.4, -0.2) is 41.2 Å². The number of H-pyrrole nitrogens is 1. The lowest BCUT2D eigenvalue weighted by atomic mass is 9.80. The predicted octanol–water partition coefficient (Wildman–Crippen LogP) is 3.85. The Morgan fingerprint density at radius 1 is 1.19 bits per heavy atom. The fourth-order valence-corrected chi connectivity index (χ4v) is 4.42. The summed E-state index contributed by atoms with van der Waals surface area (Å²) in [5.41, 5.74) is 3.01. The van der Waals surface area contributed by atoms with Crippen molar-refractivity contribution >= 4 is 5.91 Å². The first-order valence-electron chi connectivity index (χ1n) is 10.4. The Balaban J connectivity index is 1.49. The SMILES string of the molecule is COc1ccc(-c2[nH]ncc2CN2CCC(NC(C)=O)(c3ccccc3F)CC2)cc1. The summed E-state index contributed by atoms with van der Waals surface area (Å²) < 4.78 is 19.8. The number of halogens is 1. The van der Waals surface area contributed by atoms with Gasteiger partial charge in [-0.3, -0.25) is 14.8 Å². The minimum absolute atomic E-state index is 0.145. The number of nitrogens with zero attached hydrogens (tertiary/aromatic N) is 2. The average molecular weight is 423 g/mol. The minimum Gasteiger partial charge on any atom is -0.497 e. The van der Waals surface area contributed by atoms with Gasteiger partial charge in [0.1, 0.15) is 11.6 Å². The summed E-state index contributed by atoms with van der Waals surface area (Å²) in [4.78, 5) is 14.2. The van der Waals surface area contributed by atoms with Crippen molar-refractivity contribution in [3.63, 3.8) is 0 Å². The number of nitrogens with one attached hydrogen (secondary N) is 2. The molecule has 2 heterocycles. The standard InChI is InChI=1S/C24H27FN4O2/c1-17(30)27-24(21-5-3-4-6-22(21)25)11-13-29(14-12-24)16-19-15-26-28-23(19)18-7-9-20(31-2)10-8-18/h3-10,15H,11-14,16H2,1-2H3,(H,26,28)(H,27,30). The third-order valence-electron chi connectivity index (χ3n) is 6.00. The van der Waals surface area contributed by atoms with E-state index >= 15 is 0 Å². The van der Waals surface area contributed by atoms with Gasteiger partial charge in [-0.25, -0.2) is 4.39 Å². The molecule has 0 bridgehead atoms. The third kappa shape index (κ3) is 4.46. The fourth-order valence-electron chi connectivity index (χ4n) is 4.42. The van der Waals surface area contributed by atoms with Crippen LogP contribution >= 0.6 is 0 Å². The highest BCUT2D eigenvalue weighted by atomic mass is 19.1. The molecule has 1 fully saturated rings.